The fourth-order valence-electron chi connectivity index (χ4n) is 2.12. The van der Waals surface area contributed by atoms with E-state index in [0.29, 0.717) is 19.6 Å². The van der Waals surface area contributed by atoms with E-state index in [1.165, 1.54) is 5.56 Å². The predicted octanol–water partition coefficient (Wildman–Crippen LogP) is 3.15. The van der Waals surface area contributed by atoms with E-state index in [-0.39, 0.29) is 12.3 Å². The largest absolute Gasteiger partial charge is 0.489 e. The van der Waals surface area contributed by atoms with Crippen LogP contribution in [0.15, 0.2) is 48.5 Å². The van der Waals surface area contributed by atoms with Gasteiger partial charge in [-0.15, -0.1) is 0 Å². The van der Waals surface area contributed by atoms with Crippen molar-refractivity contribution < 1.29 is 9.53 Å². The summed E-state index contributed by atoms with van der Waals surface area (Å²) in [6.07, 6.45) is 0.610. The number of rotatable bonds is 7. The van der Waals surface area contributed by atoms with Gasteiger partial charge in [-0.05, 0) is 36.6 Å². The molecule has 4 heteroatoms. The summed E-state index contributed by atoms with van der Waals surface area (Å²) in [5, 5.41) is 11.1. The van der Waals surface area contributed by atoms with Gasteiger partial charge in [-0.3, -0.25) is 4.79 Å². The number of hydrogen-bond acceptors (Lipinski definition) is 3. The molecule has 0 bridgehead atoms. The maximum Gasteiger partial charge on any atom is 0.234 e. The topological polar surface area (TPSA) is 62.1 Å². The predicted molar refractivity (Wildman–Crippen MR) is 88.9 cm³/mol. The fourth-order valence-corrected chi connectivity index (χ4v) is 2.12. The van der Waals surface area contributed by atoms with Gasteiger partial charge in [0.05, 0.1) is 6.07 Å². The quantitative estimate of drug-likeness (QED) is 0.854. The van der Waals surface area contributed by atoms with E-state index in [9.17, 15) is 4.79 Å². The maximum absolute atomic E-state index is 11.2. The molecule has 2 aromatic rings. The number of hydrogen-bond donors (Lipinski definition) is 1. The van der Waals surface area contributed by atoms with Crippen LogP contribution in [0, 0.1) is 18.3 Å². The van der Waals surface area contributed by atoms with Crippen molar-refractivity contribution in [2.75, 3.05) is 6.54 Å². The van der Waals surface area contributed by atoms with Crippen molar-refractivity contribution in [3.8, 4) is 11.8 Å². The van der Waals surface area contributed by atoms with Crippen LogP contribution in [0.5, 0.6) is 5.75 Å². The Labute approximate surface area is 136 Å². The highest BCUT2D eigenvalue weighted by molar-refractivity contribution is 5.77. The van der Waals surface area contributed by atoms with Crippen LogP contribution in [0.2, 0.25) is 0 Å². The molecule has 0 fully saturated rings. The van der Waals surface area contributed by atoms with Gasteiger partial charge >= 0.3 is 0 Å². The molecule has 118 valence electrons. The molecule has 23 heavy (non-hydrogen) atoms. The van der Waals surface area contributed by atoms with E-state index in [2.05, 4.69) is 36.5 Å². The molecule has 0 radical (unpaired) electrons. The zero-order valence-corrected chi connectivity index (χ0v) is 13.2. The second kappa shape index (κ2) is 8.60. The molecular formula is C19H20N2O2. The SMILES string of the molecule is Cc1ccc(COc2cccc(CCNC(=O)CC#N)c2)cc1. The first-order valence-electron chi connectivity index (χ1n) is 7.58. The van der Waals surface area contributed by atoms with Gasteiger partial charge in [-0.1, -0.05) is 42.0 Å². The highest BCUT2D eigenvalue weighted by Crippen LogP contribution is 2.15. The van der Waals surface area contributed by atoms with Crippen molar-refractivity contribution in [3.63, 3.8) is 0 Å². The number of nitrogens with zero attached hydrogens (tertiary/aromatic N) is 1. The van der Waals surface area contributed by atoms with Crippen molar-refractivity contribution in [2.24, 2.45) is 0 Å². The van der Waals surface area contributed by atoms with Crippen molar-refractivity contribution in [2.45, 2.75) is 26.4 Å². The summed E-state index contributed by atoms with van der Waals surface area (Å²) >= 11 is 0. The summed E-state index contributed by atoms with van der Waals surface area (Å²) in [5.41, 5.74) is 3.45. The van der Waals surface area contributed by atoms with Crippen molar-refractivity contribution >= 4 is 5.91 Å². The van der Waals surface area contributed by atoms with Crippen LogP contribution in [-0.2, 0) is 17.8 Å². The lowest BCUT2D eigenvalue weighted by atomic mass is 10.1. The molecule has 0 saturated heterocycles. The van der Waals surface area contributed by atoms with Crippen molar-refractivity contribution in [1.29, 1.82) is 5.26 Å². The van der Waals surface area contributed by atoms with Gasteiger partial charge in [-0.2, -0.15) is 5.26 Å². The van der Waals surface area contributed by atoms with Gasteiger partial charge < -0.3 is 10.1 Å². The van der Waals surface area contributed by atoms with Crippen LogP contribution in [0.4, 0.5) is 0 Å². The molecule has 1 amide bonds. The summed E-state index contributed by atoms with van der Waals surface area (Å²) in [5.74, 6) is 0.575. The highest BCUT2D eigenvalue weighted by atomic mass is 16.5. The summed E-state index contributed by atoms with van der Waals surface area (Å²) < 4.78 is 5.81. The minimum absolute atomic E-state index is 0.0975. The molecular weight excluding hydrogens is 288 g/mol. The van der Waals surface area contributed by atoms with Crippen molar-refractivity contribution in [3.05, 3.63) is 65.2 Å². The minimum Gasteiger partial charge on any atom is -0.489 e. The second-order valence-electron chi connectivity index (χ2n) is 5.36. The molecule has 2 rings (SSSR count). The van der Waals surface area contributed by atoms with Gasteiger partial charge in [0.2, 0.25) is 5.91 Å². The molecule has 2 aromatic carbocycles. The normalized spacial score (nSPS) is 9.91. The van der Waals surface area contributed by atoms with Crippen LogP contribution < -0.4 is 10.1 Å². The second-order valence-corrected chi connectivity index (χ2v) is 5.36. The third kappa shape index (κ3) is 5.84. The Bertz CT molecular complexity index is 687. The van der Waals surface area contributed by atoms with Gasteiger partial charge in [0.15, 0.2) is 0 Å². The Morgan fingerprint density at radius 3 is 2.70 bits per heavy atom. The first kappa shape index (κ1) is 16.6. The summed E-state index contributed by atoms with van der Waals surface area (Å²) in [7, 11) is 0. The number of benzene rings is 2. The number of ether oxygens (including phenoxy) is 1. The molecule has 0 saturated carbocycles. The molecule has 4 nitrogen and oxygen atoms in total. The average molecular weight is 308 g/mol. The smallest absolute Gasteiger partial charge is 0.234 e. The molecule has 0 aliphatic carbocycles. The van der Waals surface area contributed by atoms with Crippen LogP contribution in [0.25, 0.3) is 0 Å². The van der Waals surface area contributed by atoms with E-state index in [1.54, 1.807) is 0 Å². The number of aryl methyl sites for hydroxylation is 1. The molecule has 0 aliphatic rings. The van der Waals surface area contributed by atoms with Crippen LogP contribution >= 0.6 is 0 Å². The van der Waals surface area contributed by atoms with Crippen molar-refractivity contribution in [1.82, 2.24) is 5.32 Å². The Morgan fingerprint density at radius 2 is 1.96 bits per heavy atom. The monoisotopic (exact) mass is 308 g/mol. The molecule has 0 aliphatic heterocycles. The van der Waals surface area contributed by atoms with Gasteiger partial charge in [0, 0.05) is 6.54 Å². The van der Waals surface area contributed by atoms with E-state index < -0.39 is 0 Å². The third-order valence-corrected chi connectivity index (χ3v) is 3.40. The van der Waals surface area contributed by atoms with E-state index >= 15 is 0 Å². The van der Waals surface area contributed by atoms with Gasteiger partial charge in [0.25, 0.3) is 0 Å². The number of nitrogens with one attached hydrogen (secondary N) is 1. The molecule has 0 unspecified atom stereocenters. The number of carbonyl (C=O) groups excluding carboxylic acids is 1. The summed E-state index contributed by atoms with van der Waals surface area (Å²) in [6.45, 7) is 3.11. The molecule has 1 N–H and O–H groups in total. The van der Waals surface area contributed by atoms with E-state index in [1.807, 2.05) is 30.3 Å². The highest BCUT2D eigenvalue weighted by Gasteiger charge is 2.01. The number of nitriles is 1. The maximum atomic E-state index is 11.2. The Kier molecular flexibility index (Phi) is 6.19. The Hall–Kier alpha value is -2.80. The van der Waals surface area contributed by atoms with Crippen LogP contribution in [0.1, 0.15) is 23.1 Å². The minimum atomic E-state index is -0.237. The third-order valence-electron chi connectivity index (χ3n) is 3.40. The standard InChI is InChI=1S/C19H20N2O2/c1-15-5-7-17(8-6-15)14-23-18-4-2-3-16(13-18)10-12-21-19(22)9-11-20/h2-8,13H,9-10,12,14H2,1H3,(H,21,22). The number of carbonyl (C=O) groups is 1. The molecule has 0 spiro atoms. The zero-order valence-electron chi connectivity index (χ0n) is 13.2. The lowest BCUT2D eigenvalue weighted by Crippen LogP contribution is -2.24. The Morgan fingerprint density at radius 1 is 1.17 bits per heavy atom. The average Bonchev–Trinajstić information content (AvgIpc) is 2.55. The lowest BCUT2D eigenvalue weighted by Gasteiger charge is -2.09. The first-order valence-corrected chi connectivity index (χ1v) is 7.58. The molecule has 0 aromatic heterocycles. The van der Waals surface area contributed by atoms with E-state index in [0.717, 1.165) is 16.9 Å². The number of amides is 1. The van der Waals surface area contributed by atoms with Crippen LogP contribution in [0.3, 0.4) is 0 Å². The summed E-state index contributed by atoms with van der Waals surface area (Å²) in [6, 6.07) is 17.9. The van der Waals surface area contributed by atoms with Crippen LogP contribution in [-0.4, -0.2) is 12.5 Å². The molecule has 0 heterocycles. The summed E-state index contributed by atoms with van der Waals surface area (Å²) in [4.78, 5) is 11.2. The van der Waals surface area contributed by atoms with E-state index in [4.69, 9.17) is 10.00 Å². The Balaban J connectivity index is 1.83. The molecule has 0 atom stereocenters. The first-order chi connectivity index (χ1) is 11.2. The lowest BCUT2D eigenvalue weighted by molar-refractivity contribution is -0.120. The fraction of sp³-hybridized carbons (Fsp3) is 0.263. The zero-order chi connectivity index (χ0) is 16.5. The van der Waals surface area contributed by atoms with Gasteiger partial charge in [-0.25, -0.2) is 0 Å². The van der Waals surface area contributed by atoms with Gasteiger partial charge in [0.1, 0.15) is 18.8 Å².